The lowest BCUT2D eigenvalue weighted by Crippen LogP contribution is -2.01. The number of primary amides is 1. The zero-order valence-electron chi connectivity index (χ0n) is 8.49. The van der Waals surface area contributed by atoms with E-state index >= 15 is 0 Å². The SMILES string of the molecule is CC.CC.CC.CC(N)=O. The van der Waals surface area contributed by atoms with E-state index < -0.39 is 0 Å². The minimum absolute atomic E-state index is 0.333. The molecule has 0 aromatic rings. The summed E-state index contributed by atoms with van der Waals surface area (Å²) in [6.07, 6.45) is 0. The van der Waals surface area contributed by atoms with E-state index in [-0.39, 0.29) is 5.91 Å². The molecule has 66 valence electrons. The van der Waals surface area contributed by atoms with Crippen molar-refractivity contribution in [2.75, 3.05) is 0 Å². The van der Waals surface area contributed by atoms with Gasteiger partial charge in [-0.2, -0.15) is 0 Å². The maximum Gasteiger partial charge on any atom is 0.214 e. The van der Waals surface area contributed by atoms with Crippen LogP contribution in [0.2, 0.25) is 0 Å². The zero-order valence-corrected chi connectivity index (χ0v) is 8.49. The fourth-order valence-electron chi connectivity index (χ4n) is 0. The van der Waals surface area contributed by atoms with Crippen LogP contribution in [0.3, 0.4) is 0 Å². The Bertz CT molecular complexity index is 32.2. The van der Waals surface area contributed by atoms with E-state index in [4.69, 9.17) is 0 Å². The van der Waals surface area contributed by atoms with Crippen LogP contribution in [0.1, 0.15) is 48.5 Å². The van der Waals surface area contributed by atoms with Gasteiger partial charge < -0.3 is 5.73 Å². The van der Waals surface area contributed by atoms with Crippen LogP contribution in [0.25, 0.3) is 0 Å². The molecule has 0 bridgehead atoms. The third-order valence-corrected chi connectivity index (χ3v) is 0. The molecule has 0 aromatic heterocycles. The van der Waals surface area contributed by atoms with Gasteiger partial charge in [-0.15, -0.1) is 0 Å². The van der Waals surface area contributed by atoms with Gasteiger partial charge in [0.1, 0.15) is 0 Å². The van der Waals surface area contributed by atoms with Crippen molar-refractivity contribution in [3.8, 4) is 0 Å². The van der Waals surface area contributed by atoms with Crippen molar-refractivity contribution >= 4 is 5.91 Å². The summed E-state index contributed by atoms with van der Waals surface area (Å²) in [4.78, 5) is 9.22. The highest BCUT2D eigenvalue weighted by Gasteiger charge is 1.61. The van der Waals surface area contributed by atoms with Crippen molar-refractivity contribution in [1.82, 2.24) is 0 Å². The Morgan fingerprint density at radius 2 is 0.900 bits per heavy atom. The molecular formula is C8H23NO. The smallest absolute Gasteiger partial charge is 0.214 e. The second-order valence-electron chi connectivity index (χ2n) is 0.611. The van der Waals surface area contributed by atoms with Crippen LogP contribution in [0.4, 0.5) is 0 Å². The first-order valence-corrected chi connectivity index (χ1v) is 3.99. The lowest BCUT2D eigenvalue weighted by Gasteiger charge is -1.60. The predicted octanol–water partition coefficient (Wildman–Crippen LogP) is 2.57. The van der Waals surface area contributed by atoms with Gasteiger partial charge in [-0.25, -0.2) is 0 Å². The van der Waals surface area contributed by atoms with E-state index in [9.17, 15) is 4.79 Å². The van der Waals surface area contributed by atoms with Crippen LogP contribution in [0, 0.1) is 0 Å². The molecule has 0 fully saturated rings. The molecule has 0 aliphatic carbocycles. The fraction of sp³-hybridized carbons (Fsp3) is 0.875. The molecule has 0 rings (SSSR count). The predicted molar refractivity (Wildman–Crippen MR) is 48.9 cm³/mol. The highest BCUT2D eigenvalue weighted by atomic mass is 16.1. The number of hydrogen-bond donors (Lipinski definition) is 1. The second kappa shape index (κ2) is 77.5. The molecule has 0 saturated carbocycles. The van der Waals surface area contributed by atoms with Gasteiger partial charge in [0, 0.05) is 6.92 Å². The van der Waals surface area contributed by atoms with E-state index in [0.29, 0.717) is 0 Å². The highest BCUT2D eigenvalue weighted by Crippen LogP contribution is 1.33. The minimum Gasteiger partial charge on any atom is -0.370 e. The highest BCUT2D eigenvalue weighted by molar-refractivity contribution is 5.70. The molecule has 0 aliphatic rings. The molecule has 0 heterocycles. The quantitative estimate of drug-likeness (QED) is 0.565. The van der Waals surface area contributed by atoms with Crippen LogP contribution in [-0.4, -0.2) is 5.91 Å². The lowest BCUT2D eigenvalue weighted by molar-refractivity contribution is -0.115. The Labute approximate surface area is 65.8 Å². The van der Waals surface area contributed by atoms with Gasteiger partial charge in [-0.1, -0.05) is 41.5 Å². The number of carbonyl (C=O) groups excluding carboxylic acids is 1. The number of hydrogen-bond acceptors (Lipinski definition) is 1. The molecule has 10 heavy (non-hydrogen) atoms. The molecule has 0 atom stereocenters. The Morgan fingerprint density at radius 1 is 0.900 bits per heavy atom. The first-order chi connectivity index (χ1) is 4.73. The molecule has 0 radical (unpaired) electrons. The van der Waals surface area contributed by atoms with E-state index in [2.05, 4.69) is 5.73 Å². The summed E-state index contributed by atoms with van der Waals surface area (Å²) in [7, 11) is 0. The molecule has 0 unspecified atom stereocenters. The van der Waals surface area contributed by atoms with Crippen LogP contribution >= 0.6 is 0 Å². The molecule has 1 amide bonds. The molecule has 0 saturated heterocycles. The van der Waals surface area contributed by atoms with Gasteiger partial charge in [0.2, 0.25) is 5.91 Å². The average Bonchev–Trinajstić information content (AvgIpc) is 1.98. The second-order valence-corrected chi connectivity index (χ2v) is 0.611. The Kier molecular flexibility index (Phi) is 176. The summed E-state index contributed by atoms with van der Waals surface area (Å²) in [5.41, 5.74) is 4.47. The summed E-state index contributed by atoms with van der Waals surface area (Å²) in [6.45, 7) is 13.3. The van der Waals surface area contributed by atoms with Crippen molar-refractivity contribution in [3.63, 3.8) is 0 Å². The molecule has 0 aliphatic heterocycles. The van der Waals surface area contributed by atoms with Gasteiger partial charge in [-0.05, 0) is 0 Å². The fourth-order valence-corrected chi connectivity index (χ4v) is 0. The number of carbonyl (C=O) groups is 1. The summed E-state index contributed by atoms with van der Waals surface area (Å²) in [6, 6.07) is 0. The number of amides is 1. The van der Waals surface area contributed by atoms with Crippen molar-refractivity contribution in [3.05, 3.63) is 0 Å². The molecular weight excluding hydrogens is 126 g/mol. The first-order valence-electron chi connectivity index (χ1n) is 3.99. The molecule has 2 heteroatoms. The number of nitrogens with two attached hydrogens (primary N) is 1. The normalized spacial score (nSPS) is 4.30. The largest absolute Gasteiger partial charge is 0.370 e. The van der Waals surface area contributed by atoms with Crippen LogP contribution in [0.15, 0.2) is 0 Å². The summed E-state index contributed by atoms with van der Waals surface area (Å²) in [5.74, 6) is -0.333. The van der Waals surface area contributed by atoms with Gasteiger partial charge >= 0.3 is 0 Å². The Morgan fingerprint density at radius 3 is 0.900 bits per heavy atom. The van der Waals surface area contributed by atoms with E-state index in [1.807, 2.05) is 41.5 Å². The maximum atomic E-state index is 9.22. The van der Waals surface area contributed by atoms with E-state index in [0.717, 1.165) is 0 Å². The van der Waals surface area contributed by atoms with Crippen LogP contribution in [-0.2, 0) is 4.79 Å². The Balaban J connectivity index is -0.0000000262. The van der Waals surface area contributed by atoms with Gasteiger partial charge in [0.25, 0.3) is 0 Å². The topological polar surface area (TPSA) is 43.1 Å². The van der Waals surface area contributed by atoms with Gasteiger partial charge in [0.15, 0.2) is 0 Å². The van der Waals surface area contributed by atoms with Crippen LogP contribution in [0.5, 0.6) is 0 Å². The van der Waals surface area contributed by atoms with E-state index in [1.165, 1.54) is 6.92 Å². The maximum absolute atomic E-state index is 9.22. The minimum atomic E-state index is -0.333. The third-order valence-electron chi connectivity index (χ3n) is 0. The molecule has 2 nitrogen and oxygen atoms in total. The van der Waals surface area contributed by atoms with Crippen molar-refractivity contribution in [2.24, 2.45) is 5.73 Å². The average molecular weight is 149 g/mol. The third kappa shape index (κ3) is 1110. The zero-order chi connectivity index (χ0) is 9.58. The summed E-state index contributed by atoms with van der Waals surface area (Å²) in [5, 5.41) is 0. The molecule has 0 spiro atoms. The standard InChI is InChI=1S/C2H5NO.3C2H6/c1-2(3)4;3*1-2/h1H3,(H2,3,4);3*1-2H3. The number of rotatable bonds is 0. The molecule has 2 N–H and O–H groups in total. The van der Waals surface area contributed by atoms with Gasteiger partial charge in [-0.3, -0.25) is 4.79 Å². The van der Waals surface area contributed by atoms with Crippen molar-refractivity contribution in [2.45, 2.75) is 48.5 Å². The van der Waals surface area contributed by atoms with Crippen molar-refractivity contribution in [1.29, 1.82) is 0 Å². The summed E-state index contributed by atoms with van der Waals surface area (Å²) < 4.78 is 0. The van der Waals surface area contributed by atoms with Gasteiger partial charge in [0.05, 0.1) is 0 Å². The Hall–Kier alpha value is -0.530. The summed E-state index contributed by atoms with van der Waals surface area (Å²) >= 11 is 0. The van der Waals surface area contributed by atoms with Crippen molar-refractivity contribution < 1.29 is 4.79 Å². The first kappa shape index (κ1) is 22.7. The monoisotopic (exact) mass is 149 g/mol. The van der Waals surface area contributed by atoms with Crippen LogP contribution < -0.4 is 5.73 Å². The van der Waals surface area contributed by atoms with E-state index in [1.54, 1.807) is 0 Å². The molecule has 0 aromatic carbocycles. The lowest BCUT2D eigenvalue weighted by atomic mass is 10.8.